The molecule has 2 atom stereocenters. The molecule has 49 heavy (non-hydrogen) atoms. The van der Waals surface area contributed by atoms with Gasteiger partial charge in [0.25, 0.3) is 0 Å². The second kappa shape index (κ2) is 17.9. The number of anilines is 2. The lowest BCUT2D eigenvalue weighted by Gasteiger charge is -2.37. The highest BCUT2D eigenvalue weighted by atomic mass is 35.5. The van der Waals surface area contributed by atoms with Gasteiger partial charge in [-0.1, -0.05) is 105 Å². The van der Waals surface area contributed by atoms with E-state index in [0.717, 1.165) is 16.7 Å². The van der Waals surface area contributed by atoms with Gasteiger partial charge >= 0.3 is 6.09 Å². The van der Waals surface area contributed by atoms with E-state index in [1.165, 1.54) is 22.5 Å². The van der Waals surface area contributed by atoms with E-state index >= 15 is 0 Å². The Balaban J connectivity index is 1.74. The second-order valence-corrected chi connectivity index (χ2v) is 14.4. The van der Waals surface area contributed by atoms with Crippen molar-refractivity contribution in [3.05, 3.63) is 126 Å². The zero-order valence-corrected chi connectivity index (χ0v) is 29.1. The molecule has 0 aromatic heterocycles. The van der Waals surface area contributed by atoms with E-state index in [2.05, 4.69) is 15.5 Å². The molecular formula is C37H43ClN4O6S. The van der Waals surface area contributed by atoms with Gasteiger partial charge < -0.3 is 15.5 Å². The molecular weight excluding hydrogens is 664 g/mol. The number of alkyl halides is 1. The first-order valence-corrected chi connectivity index (χ1v) is 18.0. The summed E-state index contributed by atoms with van der Waals surface area (Å²) in [5, 5.41) is 26.1. The smallest absolute Gasteiger partial charge is 0.409 e. The number of carbonyl (C=O) groups is 2. The first-order valence-electron chi connectivity index (χ1n) is 16.0. The topological polar surface area (TPSA) is 139 Å². The van der Waals surface area contributed by atoms with Gasteiger partial charge in [0.15, 0.2) is 0 Å². The zero-order valence-electron chi connectivity index (χ0n) is 27.6. The van der Waals surface area contributed by atoms with Gasteiger partial charge in [0.05, 0.1) is 22.4 Å². The van der Waals surface area contributed by atoms with Crippen LogP contribution in [0.15, 0.2) is 114 Å². The molecule has 0 bridgehead atoms. The quantitative estimate of drug-likeness (QED) is 0.0949. The van der Waals surface area contributed by atoms with Crippen molar-refractivity contribution in [3.63, 3.8) is 0 Å². The number of carbonyl (C=O) groups excluding carboxylic acids is 1. The normalized spacial score (nSPS) is 13.0. The molecule has 4 rings (SSSR count). The van der Waals surface area contributed by atoms with Crippen molar-refractivity contribution in [2.75, 3.05) is 29.6 Å². The molecule has 12 heteroatoms. The summed E-state index contributed by atoms with van der Waals surface area (Å²) >= 11 is 5.66. The fourth-order valence-electron chi connectivity index (χ4n) is 5.64. The Hall–Kier alpha value is -4.26. The fourth-order valence-corrected chi connectivity index (χ4v) is 7.36. The molecule has 0 aliphatic rings. The van der Waals surface area contributed by atoms with Crippen LogP contribution < -0.4 is 10.6 Å². The van der Waals surface area contributed by atoms with Crippen molar-refractivity contribution in [1.82, 2.24) is 9.21 Å². The number of halogens is 1. The SMILES string of the molecule is CC(C)CN(C[C@@H](O)[C@H](Cc1ccccc1)N(Cc1ccccc1)Cc1ccccc1)S(=O)(=O)c1ccc(NC(=O)O)c(NC(=O)CCl)c1. The van der Waals surface area contributed by atoms with E-state index in [4.69, 9.17) is 11.6 Å². The Kier molecular flexibility index (Phi) is 13.7. The number of nitrogens with one attached hydrogen (secondary N) is 2. The maximum atomic E-state index is 14.3. The van der Waals surface area contributed by atoms with E-state index in [0.29, 0.717) is 19.5 Å². The van der Waals surface area contributed by atoms with Gasteiger partial charge in [-0.3, -0.25) is 15.0 Å². The Morgan fingerprint density at radius 2 is 1.29 bits per heavy atom. The van der Waals surface area contributed by atoms with Crippen LogP contribution >= 0.6 is 11.6 Å². The number of carboxylic acid groups (broad SMARTS) is 1. The third-order valence-electron chi connectivity index (χ3n) is 7.88. The molecule has 4 N–H and O–H groups in total. The molecule has 0 heterocycles. The predicted molar refractivity (Wildman–Crippen MR) is 193 cm³/mol. The molecule has 0 saturated heterocycles. The number of benzene rings is 4. The Labute approximate surface area is 293 Å². The summed E-state index contributed by atoms with van der Waals surface area (Å²) in [6.07, 6.45) is -2.05. The van der Waals surface area contributed by atoms with Gasteiger partial charge in [-0.15, -0.1) is 11.6 Å². The highest BCUT2D eigenvalue weighted by Crippen LogP contribution is 2.29. The summed E-state index contributed by atoms with van der Waals surface area (Å²) in [5.74, 6) is -1.15. The fraction of sp³-hybridized carbons (Fsp3) is 0.297. The van der Waals surface area contributed by atoms with E-state index in [1.54, 1.807) is 0 Å². The van der Waals surface area contributed by atoms with Crippen molar-refractivity contribution in [2.45, 2.75) is 50.4 Å². The maximum Gasteiger partial charge on any atom is 0.409 e. The molecule has 0 aliphatic carbocycles. The van der Waals surface area contributed by atoms with Crippen LogP contribution in [0, 0.1) is 5.92 Å². The molecule has 4 aromatic carbocycles. The lowest BCUT2D eigenvalue weighted by Crippen LogP contribution is -2.50. The highest BCUT2D eigenvalue weighted by Gasteiger charge is 2.34. The molecule has 0 spiro atoms. The number of hydrogen-bond acceptors (Lipinski definition) is 6. The van der Waals surface area contributed by atoms with Crippen molar-refractivity contribution in [2.24, 2.45) is 5.92 Å². The first-order chi connectivity index (χ1) is 23.5. The number of nitrogens with zero attached hydrogens (tertiary/aromatic N) is 2. The summed E-state index contributed by atoms with van der Waals surface area (Å²) in [6, 6.07) is 33.0. The van der Waals surface area contributed by atoms with E-state index in [9.17, 15) is 28.2 Å². The Morgan fingerprint density at radius 1 is 0.755 bits per heavy atom. The third kappa shape index (κ3) is 11.1. The monoisotopic (exact) mass is 706 g/mol. The van der Waals surface area contributed by atoms with Crippen LogP contribution in [0.25, 0.3) is 0 Å². The van der Waals surface area contributed by atoms with Crippen LogP contribution in [0.5, 0.6) is 0 Å². The van der Waals surface area contributed by atoms with Crippen LogP contribution in [-0.4, -0.2) is 71.0 Å². The van der Waals surface area contributed by atoms with Crippen molar-refractivity contribution in [3.8, 4) is 0 Å². The number of rotatable bonds is 17. The van der Waals surface area contributed by atoms with Crippen LogP contribution in [0.1, 0.15) is 30.5 Å². The second-order valence-electron chi connectivity index (χ2n) is 12.2. The van der Waals surface area contributed by atoms with Crippen LogP contribution in [0.2, 0.25) is 0 Å². The van der Waals surface area contributed by atoms with Crippen LogP contribution in [0.3, 0.4) is 0 Å². The largest absolute Gasteiger partial charge is 0.465 e. The Morgan fingerprint density at radius 3 is 1.78 bits per heavy atom. The van der Waals surface area contributed by atoms with E-state index in [1.807, 2.05) is 105 Å². The summed E-state index contributed by atoms with van der Waals surface area (Å²) in [4.78, 5) is 25.5. The van der Waals surface area contributed by atoms with E-state index in [-0.39, 0.29) is 35.3 Å². The van der Waals surface area contributed by atoms with Gasteiger partial charge in [0.2, 0.25) is 15.9 Å². The molecule has 10 nitrogen and oxygen atoms in total. The summed E-state index contributed by atoms with van der Waals surface area (Å²) < 4.78 is 29.9. The summed E-state index contributed by atoms with van der Waals surface area (Å²) in [6.45, 7) is 4.70. The summed E-state index contributed by atoms with van der Waals surface area (Å²) in [7, 11) is -4.26. The number of sulfonamides is 1. The number of amides is 2. The van der Waals surface area contributed by atoms with Crippen molar-refractivity contribution < 1.29 is 28.2 Å². The van der Waals surface area contributed by atoms with E-state index < -0.39 is 40.0 Å². The summed E-state index contributed by atoms with van der Waals surface area (Å²) in [5.41, 5.74) is 3.03. The molecule has 0 unspecified atom stereocenters. The standard InChI is InChI=1S/C37H43ClN4O6S/c1-27(2)23-42(49(47,48)31-18-19-32(40-37(45)46)33(21-31)39-36(44)22-38)26-35(43)34(20-28-12-6-3-7-13-28)41(24-29-14-8-4-9-15-29)25-30-16-10-5-11-17-30/h3-19,21,27,34-35,40,43H,20,22-26H2,1-2H3,(H,39,44)(H,45,46)/t34-,35+/m0/s1. The molecule has 2 amide bonds. The third-order valence-corrected chi connectivity index (χ3v) is 9.95. The highest BCUT2D eigenvalue weighted by molar-refractivity contribution is 7.89. The minimum Gasteiger partial charge on any atom is -0.465 e. The molecule has 0 radical (unpaired) electrons. The maximum absolute atomic E-state index is 14.3. The van der Waals surface area contributed by atoms with Crippen LogP contribution in [0.4, 0.5) is 16.2 Å². The lowest BCUT2D eigenvalue weighted by atomic mass is 9.97. The van der Waals surface area contributed by atoms with Gasteiger partial charge in [-0.25, -0.2) is 13.2 Å². The average Bonchev–Trinajstić information content (AvgIpc) is 3.08. The number of aliphatic hydroxyl groups is 1. The van der Waals surface area contributed by atoms with Gasteiger partial charge in [-0.2, -0.15) is 4.31 Å². The molecule has 260 valence electrons. The Bertz CT molecular complexity index is 1720. The van der Waals surface area contributed by atoms with Crippen molar-refractivity contribution in [1.29, 1.82) is 0 Å². The predicted octanol–water partition coefficient (Wildman–Crippen LogP) is 6.28. The van der Waals surface area contributed by atoms with Gasteiger partial charge in [0, 0.05) is 32.2 Å². The first kappa shape index (κ1) is 37.6. The minimum absolute atomic E-state index is 0.0132. The molecule has 0 aliphatic heterocycles. The van der Waals surface area contributed by atoms with Gasteiger partial charge in [0.1, 0.15) is 5.88 Å². The number of aliphatic hydroxyl groups excluding tert-OH is 1. The zero-order chi connectivity index (χ0) is 35.4. The molecule has 4 aromatic rings. The van der Waals surface area contributed by atoms with Gasteiger partial charge in [-0.05, 0) is 47.2 Å². The lowest BCUT2D eigenvalue weighted by molar-refractivity contribution is -0.113. The molecule has 0 fully saturated rings. The van der Waals surface area contributed by atoms with Crippen molar-refractivity contribution >= 4 is 45.0 Å². The van der Waals surface area contributed by atoms with Crippen LogP contribution in [-0.2, 0) is 34.3 Å². The minimum atomic E-state index is -4.26. The molecule has 0 saturated carbocycles. The number of hydrogen-bond donors (Lipinski definition) is 4. The average molecular weight is 707 g/mol.